The summed E-state index contributed by atoms with van der Waals surface area (Å²) in [6, 6.07) is 13.7. The van der Waals surface area contributed by atoms with E-state index in [0.29, 0.717) is 17.3 Å². The first-order valence-electron chi connectivity index (χ1n) is 8.36. The SMILES string of the molecule is CC(=O)NN1C(=O)/C(=C/c2cc(Br)ccc2OCc2ccc(C)cc2)SC1=S. The van der Waals surface area contributed by atoms with E-state index in [1.807, 2.05) is 49.4 Å². The van der Waals surface area contributed by atoms with Crippen LogP contribution in [0.4, 0.5) is 0 Å². The molecule has 1 saturated heterocycles. The third-order valence-electron chi connectivity index (χ3n) is 3.84. The van der Waals surface area contributed by atoms with E-state index in [0.717, 1.165) is 32.4 Å². The number of ether oxygens (including phenoxy) is 1. The van der Waals surface area contributed by atoms with Crippen LogP contribution in [0.2, 0.25) is 0 Å². The van der Waals surface area contributed by atoms with Crippen molar-refractivity contribution in [1.82, 2.24) is 10.4 Å². The van der Waals surface area contributed by atoms with Crippen LogP contribution in [-0.2, 0) is 16.2 Å². The quantitative estimate of drug-likeness (QED) is 0.505. The number of benzene rings is 2. The number of nitrogens with zero attached hydrogens (tertiary/aromatic N) is 1. The van der Waals surface area contributed by atoms with Crippen molar-refractivity contribution in [2.24, 2.45) is 0 Å². The van der Waals surface area contributed by atoms with Gasteiger partial charge in [0.1, 0.15) is 12.4 Å². The molecule has 8 heteroatoms. The molecule has 0 aliphatic carbocycles. The Balaban J connectivity index is 1.83. The molecule has 0 bridgehead atoms. The van der Waals surface area contributed by atoms with Gasteiger partial charge in [0.2, 0.25) is 5.91 Å². The van der Waals surface area contributed by atoms with E-state index in [4.69, 9.17) is 17.0 Å². The highest BCUT2D eigenvalue weighted by molar-refractivity contribution is 9.10. The smallest absolute Gasteiger partial charge is 0.285 e. The molecule has 5 nitrogen and oxygen atoms in total. The second-order valence-electron chi connectivity index (χ2n) is 6.14. The average Bonchev–Trinajstić information content (AvgIpc) is 2.89. The van der Waals surface area contributed by atoms with Gasteiger partial charge in [-0.15, -0.1) is 0 Å². The van der Waals surface area contributed by atoms with E-state index in [9.17, 15) is 9.59 Å². The molecule has 1 fully saturated rings. The maximum absolute atomic E-state index is 12.5. The molecule has 0 unspecified atom stereocenters. The molecule has 28 heavy (non-hydrogen) atoms. The number of carbonyl (C=O) groups excluding carboxylic acids is 2. The van der Waals surface area contributed by atoms with Crippen LogP contribution < -0.4 is 10.2 Å². The minimum atomic E-state index is -0.366. The molecule has 2 amide bonds. The molecule has 144 valence electrons. The van der Waals surface area contributed by atoms with Gasteiger partial charge in [-0.05, 0) is 49.0 Å². The van der Waals surface area contributed by atoms with E-state index in [1.165, 1.54) is 12.5 Å². The van der Waals surface area contributed by atoms with Crippen LogP contribution >= 0.6 is 39.9 Å². The van der Waals surface area contributed by atoms with Crippen LogP contribution in [0.5, 0.6) is 5.75 Å². The van der Waals surface area contributed by atoms with Gasteiger partial charge in [0, 0.05) is 17.0 Å². The lowest BCUT2D eigenvalue weighted by Crippen LogP contribution is -2.43. The highest BCUT2D eigenvalue weighted by Crippen LogP contribution is 2.34. The predicted octanol–water partition coefficient (Wildman–Crippen LogP) is 4.59. The number of hydrogen-bond acceptors (Lipinski definition) is 5. The van der Waals surface area contributed by atoms with Crippen molar-refractivity contribution in [2.45, 2.75) is 20.5 Å². The Bertz CT molecular complexity index is 974. The number of rotatable bonds is 5. The van der Waals surface area contributed by atoms with Gasteiger partial charge in [-0.1, -0.05) is 57.5 Å². The zero-order valence-corrected chi connectivity index (χ0v) is 18.4. The molecule has 1 heterocycles. The maximum atomic E-state index is 12.5. The highest BCUT2D eigenvalue weighted by atomic mass is 79.9. The zero-order valence-electron chi connectivity index (χ0n) is 15.2. The van der Waals surface area contributed by atoms with E-state index in [2.05, 4.69) is 21.4 Å². The summed E-state index contributed by atoms with van der Waals surface area (Å²) in [7, 11) is 0. The van der Waals surface area contributed by atoms with Gasteiger partial charge in [-0.25, -0.2) is 0 Å². The summed E-state index contributed by atoms with van der Waals surface area (Å²) in [5, 5.41) is 1.08. The number of halogens is 1. The van der Waals surface area contributed by atoms with Crippen LogP contribution in [0, 0.1) is 6.92 Å². The van der Waals surface area contributed by atoms with Gasteiger partial charge in [0.05, 0.1) is 4.91 Å². The van der Waals surface area contributed by atoms with Gasteiger partial charge in [-0.3, -0.25) is 15.0 Å². The monoisotopic (exact) mass is 476 g/mol. The molecule has 0 radical (unpaired) electrons. The van der Waals surface area contributed by atoms with Crippen molar-refractivity contribution in [2.75, 3.05) is 0 Å². The summed E-state index contributed by atoms with van der Waals surface area (Å²) >= 11 is 9.77. The molecule has 0 saturated carbocycles. The van der Waals surface area contributed by atoms with E-state index >= 15 is 0 Å². The third kappa shape index (κ3) is 5.01. The molecule has 3 rings (SSSR count). The number of hydrogen-bond donors (Lipinski definition) is 1. The fourth-order valence-electron chi connectivity index (χ4n) is 2.47. The fourth-order valence-corrected chi connectivity index (χ4v) is 4.02. The molecule has 0 atom stereocenters. The fraction of sp³-hybridized carbons (Fsp3) is 0.150. The zero-order chi connectivity index (χ0) is 20.3. The molecule has 0 aromatic heterocycles. The number of carbonyl (C=O) groups is 2. The lowest BCUT2D eigenvalue weighted by Gasteiger charge is -2.13. The Labute approximate surface area is 181 Å². The van der Waals surface area contributed by atoms with Crippen molar-refractivity contribution >= 4 is 62.1 Å². The second-order valence-corrected chi connectivity index (χ2v) is 8.73. The van der Waals surface area contributed by atoms with Gasteiger partial charge in [0.25, 0.3) is 5.91 Å². The number of nitrogens with one attached hydrogen (secondary N) is 1. The molecule has 1 aliphatic heterocycles. The van der Waals surface area contributed by atoms with E-state index in [1.54, 1.807) is 6.08 Å². The molecule has 1 aliphatic rings. The van der Waals surface area contributed by atoms with Gasteiger partial charge < -0.3 is 4.74 Å². The van der Waals surface area contributed by atoms with Gasteiger partial charge in [-0.2, -0.15) is 5.01 Å². The van der Waals surface area contributed by atoms with Crippen LogP contribution in [-0.4, -0.2) is 21.1 Å². The summed E-state index contributed by atoms with van der Waals surface area (Å²) in [5.41, 5.74) is 5.42. The first-order valence-corrected chi connectivity index (χ1v) is 10.4. The molecule has 1 N–H and O–H groups in total. The van der Waals surface area contributed by atoms with Crippen LogP contribution in [0.15, 0.2) is 51.8 Å². The molecule has 2 aromatic carbocycles. The standard InChI is InChI=1S/C20H17BrN2O3S2/c1-12-3-5-14(6-4-12)11-26-17-8-7-16(21)9-15(17)10-18-19(25)23(20(27)28-18)22-13(2)24/h3-10H,11H2,1-2H3,(H,22,24)/b18-10-. The Morgan fingerprint density at radius 2 is 2.00 bits per heavy atom. The number of thioether (sulfide) groups is 1. The minimum Gasteiger partial charge on any atom is -0.488 e. The van der Waals surface area contributed by atoms with Gasteiger partial charge >= 0.3 is 0 Å². The molecule has 0 spiro atoms. The Kier molecular flexibility index (Phi) is 6.53. The first kappa shape index (κ1) is 20.6. The van der Waals surface area contributed by atoms with Crippen LogP contribution in [0.3, 0.4) is 0 Å². The average molecular weight is 477 g/mol. The second kappa shape index (κ2) is 8.89. The first-order chi connectivity index (χ1) is 13.3. The van der Waals surface area contributed by atoms with E-state index in [-0.39, 0.29) is 16.1 Å². The number of hydrazine groups is 1. The summed E-state index contributed by atoms with van der Waals surface area (Å²) in [6.45, 7) is 3.78. The highest BCUT2D eigenvalue weighted by Gasteiger charge is 2.33. The Morgan fingerprint density at radius 3 is 2.68 bits per heavy atom. The number of aryl methyl sites for hydroxylation is 1. The van der Waals surface area contributed by atoms with E-state index < -0.39 is 0 Å². The lowest BCUT2D eigenvalue weighted by molar-refractivity contribution is -0.131. The summed E-state index contributed by atoms with van der Waals surface area (Å²) in [5.74, 6) is -0.0784. The van der Waals surface area contributed by atoms with Crippen molar-refractivity contribution < 1.29 is 14.3 Å². The van der Waals surface area contributed by atoms with Crippen LogP contribution in [0.1, 0.15) is 23.6 Å². The van der Waals surface area contributed by atoms with Crippen molar-refractivity contribution in [1.29, 1.82) is 0 Å². The molecular formula is C20H17BrN2O3S2. The minimum absolute atomic E-state index is 0.281. The summed E-state index contributed by atoms with van der Waals surface area (Å²) in [4.78, 5) is 24.2. The summed E-state index contributed by atoms with van der Waals surface area (Å²) in [6.07, 6.45) is 1.72. The summed E-state index contributed by atoms with van der Waals surface area (Å²) < 4.78 is 7.12. The molecular weight excluding hydrogens is 460 g/mol. The third-order valence-corrected chi connectivity index (χ3v) is 5.63. The number of thiocarbonyl (C=S) groups is 1. The normalized spacial score (nSPS) is 15.2. The topological polar surface area (TPSA) is 58.6 Å². The Hall–Kier alpha value is -2.16. The largest absolute Gasteiger partial charge is 0.488 e. The maximum Gasteiger partial charge on any atom is 0.285 e. The Morgan fingerprint density at radius 1 is 1.29 bits per heavy atom. The van der Waals surface area contributed by atoms with Crippen molar-refractivity contribution in [3.05, 3.63) is 68.5 Å². The predicted molar refractivity (Wildman–Crippen MR) is 118 cm³/mol. The van der Waals surface area contributed by atoms with Crippen molar-refractivity contribution in [3.63, 3.8) is 0 Å². The lowest BCUT2D eigenvalue weighted by atomic mass is 10.1. The van der Waals surface area contributed by atoms with Crippen molar-refractivity contribution in [3.8, 4) is 5.75 Å². The van der Waals surface area contributed by atoms with Crippen LogP contribution in [0.25, 0.3) is 6.08 Å². The number of amides is 2. The van der Waals surface area contributed by atoms with Gasteiger partial charge in [0.15, 0.2) is 4.32 Å². The molecule has 2 aromatic rings.